The molecule has 6 heteroatoms. The van der Waals surface area contributed by atoms with Crippen molar-refractivity contribution >= 4 is 11.7 Å². The minimum Gasteiger partial charge on any atom is -0.395 e. The molecule has 122 valence electrons. The van der Waals surface area contributed by atoms with Gasteiger partial charge in [-0.2, -0.15) is 0 Å². The Morgan fingerprint density at radius 3 is 2.73 bits per heavy atom. The van der Waals surface area contributed by atoms with Gasteiger partial charge >= 0.3 is 0 Å². The zero-order chi connectivity index (χ0) is 16.2. The number of carbonyl (C=O) groups excluding carboxylic acids is 1. The first-order valence-electron chi connectivity index (χ1n) is 7.83. The van der Waals surface area contributed by atoms with E-state index in [1.54, 1.807) is 6.20 Å². The molecular formula is C16H26N4O2. The summed E-state index contributed by atoms with van der Waals surface area (Å²) in [5, 5.41) is 11.9. The van der Waals surface area contributed by atoms with Gasteiger partial charge in [0.15, 0.2) is 0 Å². The van der Waals surface area contributed by atoms with Gasteiger partial charge in [-0.1, -0.05) is 0 Å². The second-order valence-electron chi connectivity index (χ2n) is 6.21. The molecule has 0 spiro atoms. The van der Waals surface area contributed by atoms with Crippen molar-refractivity contribution in [2.24, 2.45) is 0 Å². The molecule has 1 saturated heterocycles. The second-order valence-corrected chi connectivity index (χ2v) is 6.21. The predicted molar refractivity (Wildman–Crippen MR) is 87.2 cm³/mol. The van der Waals surface area contributed by atoms with Crippen molar-refractivity contribution in [2.75, 3.05) is 44.2 Å². The molecule has 2 N–H and O–H groups in total. The average molecular weight is 306 g/mol. The van der Waals surface area contributed by atoms with Crippen molar-refractivity contribution in [1.82, 2.24) is 15.2 Å². The lowest BCUT2D eigenvalue weighted by molar-refractivity contribution is 0.0810. The van der Waals surface area contributed by atoms with Crippen molar-refractivity contribution in [2.45, 2.75) is 26.3 Å². The smallest absolute Gasteiger partial charge is 0.252 e. The Labute approximate surface area is 132 Å². The standard InChI is InChI=1S/C16H26N4O2/c1-4-17-15(22)13-5-6-14(18-11-13)19-7-8-20(9-10-21)16(2,3)12-19/h5-6,11,21H,4,7-10,12H2,1-3H3,(H,17,22). The zero-order valence-electron chi connectivity index (χ0n) is 13.7. The lowest BCUT2D eigenvalue weighted by Crippen LogP contribution is -2.60. The van der Waals surface area contributed by atoms with Crippen LogP contribution in [0.1, 0.15) is 31.1 Å². The van der Waals surface area contributed by atoms with E-state index in [0.29, 0.717) is 18.7 Å². The molecular weight excluding hydrogens is 280 g/mol. The molecule has 0 aromatic carbocycles. The first kappa shape index (κ1) is 16.7. The summed E-state index contributed by atoms with van der Waals surface area (Å²) in [6, 6.07) is 3.72. The highest BCUT2D eigenvalue weighted by atomic mass is 16.3. The summed E-state index contributed by atoms with van der Waals surface area (Å²) in [5.41, 5.74) is 0.574. The van der Waals surface area contributed by atoms with E-state index in [0.717, 1.165) is 25.5 Å². The number of piperazine rings is 1. The van der Waals surface area contributed by atoms with Crippen LogP contribution in [0.4, 0.5) is 5.82 Å². The van der Waals surface area contributed by atoms with Crippen molar-refractivity contribution < 1.29 is 9.90 Å². The van der Waals surface area contributed by atoms with Crippen LogP contribution in [-0.4, -0.2) is 65.8 Å². The van der Waals surface area contributed by atoms with Gasteiger partial charge < -0.3 is 15.3 Å². The van der Waals surface area contributed by atoms with Gasteiger partial charge in [0, 0.05) is 44.5 Å². The Bertz CT molecular complexity index is 501. The fraction of sp³-hybridized carbons (Fsp3) is 0.625. The number of β-amino-alcohol motifs (C(OH)–C–C–N with tert-alkyl or cyclic N) is 1. The topological polar surface area (TPSA) is 68.7 Å². The van der Waals surface area contributed by atoms with Crippen LogP contribution in [-0.2, 0) is 0 Å². The SMILES string of the molecule is CCNC(=O)c1ccc(N2CCN(CCO)C(C)(C)C2)nc1. The highest BCUT2D eigenvalue weighted by Gasteiger charge is 2.33. The van der Waals surface area contributed by atoms with Gasteiger partial charge in [0.05, 0.1) is 12.2 Å². The van der Waals surface area contributed by atoms with Gasteiger partial charge in [0.2, 0.25) is 0 Å². The van der Waals surface area contributed by atoms with E-state index < -0.39 is 0 Å². The molecule has 1 amide bonds. The van der Waals surface area contributed by atoms with Gasteiger partial charge in [0.25, 0.3) is 5.91 Å². The third kappa shape index (κ3) is 3.75. The van der Waals surface area contributed by atoms with E-state index in [9.17, 15) is 4.79 Å². The summed E-state index contributed by atoms with van der Waals surface area (Å²) in [4.78, 5) is 20.7. The van der Waals surface area contributed by atoms with Crippen molar-refractivity contribution in [3.05, 3.63) is 23.9 Å². The summed E-state index contributed by atoms with van der Waals surface area (Å²) >= 11 is 0. The second kappa shape index (κ2) is 7.07. The lowest BCUT2D eigenvalue weighted by Gasteiger charge is -2.47. The molecule has 1 fully saturated rings. The summed E-state index contributed by atoms with van der Waals surface area (Å²) in [6.07, 6.45) is 1.63. The Morgan fingerprint density at radius 2 is 2.18 bits per heavy atom. The number of rotatable bonds is 5. The van der Waals surface area contributed by atoms with Crippen LogP contribution in [0.15, 0.2) is 18.3 Å². The third-order valence-corrected chi connectivity index (χ3v) is 4.11. The van der Waals surface area contributed by atoms with E-state index in [-0.39, 0.29) is 18.1 Å². The van der Waals surface area contributed by atoms with Gasteiger partial charge in [-0.05, 0) is 32.9 Å². The highest BCUT2D eigenvalue weighted by Crippen LogP contribution is 2.24. The van der Waals surface area contributed by atoms with Gasteiger partial charge in [-0.15, -0.1) is 0 Å². The molecule has 2 rings (SSSR count). The van der Waals surface area contributed by atoms with E-state index in [1.165, 1.54) is 0 Å². The maximum Gasteiger partial charge on any atom is 0.252 e. The van der Waals surface area contributed by atoms with Crippen LogP contribution in [0.3, 0.4) is 0 Å². The van der Waals surface area contributed by atoms with Crippen LogP contribution in [0, 0.1) is 0 Å². The molecule has 6 nitrogen and oxygen atoms in total. The molecule has 1 aliphatic heterocycles. The van der Waals surface area contributed by atoms with Crippen LogP contribution < -0.4 is 10.2 Å². The monoisotopic (exact) mass is 306 g/mol. The summed E-state index contributed by atoms with van der Waals surface area (Å²) in [6.45, 7) is 10.4. The minimum atomic E-state index is -0.0883. The lowest BCUT2D eigenvalue weighted by atomic mass is 9.98. The maximum absolute atomic E-state index is 11.8. The highest BCUT2D eigenvalue weighted by molar-refractivity contribution is 5.93. The number of aliphatic hydroxyl groups is 1. The summed E-state index contributed by atoms with van der Waals surface area (Å²) < 4.78 is 0. The number of anilines is 1. The number of aliphatic hydroxyl groups excluding tert-OH is 1. The molecule has 2 heterocycles. The van der Waals surface area contributed by atoms with E-state index >= 15 is 0 Å². The fourth-order valence-electron chi connectivity index (χ4n) is 2.89. The number of amides is 1. The first-order chi connectivity index (χ1) is 10.5. The van der Waals surface area contributed by atoms with E-state index in [1.807, 2.05) is 19.1 Å². The third-order valence-electron chi connectivity index (χ3n) is 4.11. The van der Waals surface area contributed by atoms with Gasteiger partial charge in [-0.25, -0.2) is 4.98 Å². The Balaban J connectivity index is 2.05. The van der Waals surface area contributed by atoms with Crippen molar-refractivity contribution in [3.8, 4) is 0 Å². The summed E-state index contributed by atoms with van der Waals surface area (Å²) in [7, 11) is 0. The summed E-state index contributed by atoms with van der Waals surface area (Å²) in [5.74, 6) is 0.805. The molecule has 0 saturated carbocycles. The molecule has 22 heavy (non-hydrogen) atoms. The average Bonchev–Trinajstić information content (AvgIpc) is 2.49. The quantitative estimate of drug-likeness (QED) is 0.839. The van der Waals surface area contributed by atoms with Crippen molar-refractivity contribution in [3.63, 3.8) is 0 Å². The molecule has 1 aromatic heterocycles. The van der Waals surface area contributed by atoms with E-state index in [2.05, 4.69) is 33.9 Å². The Morgan fingerprint density at radius 1 is 1.41 bits per heavy atom. The molecule has 0 radical (unpaired) electrons. The van der Waals surface area contributed by atoms with Gasteiger partial charge in [-0.3, -0.25) is 9.69 Å². The normalized spacial score (nSPS) is 18.3. The molecule has 1 aromatic rings. The number of aromatic nitrogens is 1. The van der Waals surface area contributed by atoms with E-state index in [4.69, 9.17) is 5.11 Å². The molecule has 0 bridgehead atoms. The number of carbonyl (C=O) groups is 1. The van der Waals surface area contributed by atoms with Gasteiger partial charge in [0.1, 0.15) is 5.82 Å². The molecule has 0 aliphatic carbocycles. The Kier molecular flexibility index (Phi) is 5.37. The number of hydrogen-bond donors (Lipinski definition) is 2. The van der Waals surface area contributed by atoms with Crippen LogP contribution >= 0.6 is 0 Å². The Hall–Kier alpha value is -1.66. The molecule has 0 atom stereocenters. The van der Waals surface area contributed by atoms with Crippen LogP contribution in [0.2, 0.25) is 0 Å². The van der Waals surface area contributed by atoms with Crippen LogP contribution in [0.25, 0.3) is 0 Å². The minimum absolute atomic E-state index is 0.0130. The van der Waals surface area contributed by atoms with Crippen LogP contribution in [0.5, 0.6) is 0 Å². The predicted octanol–water partition coefficient (Wildman–Crippen LogP) is 0.724. The first-order valence-corrected chi connectivity index (χ1v) is 7.83. The number of pyridine rings is 1. The molecule has 1 aliphatic rings. The number of nitrogens with one attached hydrogen (secondary N) is 1. The fourth-order valence-corrected chi connectivity index (χ4v) is 2.89. The van der Waals surface area contributed by atoms with Crippen molar-refractivity contribution in [1.29, 1.82) is 0 Å². The number of hydrogen-bond acceptors (Lipinski definition) is 5. The largest absolute Gasteiger partial charge is 0.395 e. The molecule has 0 unspecified atom stereocenters. The number of nitrogens with zero attached hydrogens (tertiary/aromatic N) is 3. The zero-order valence-corrected chi connectivity index (χ0v) is 13.7. The maximum atomic E-state index is 11.8.